The second kappa shape index (κ2) is 5.40. The van der Waals surface area contributed by atoms with Crippen LogP contribution in [0.3, 0.4) is 0 Å². The van der Waals surface area contributed by atoms with E-state index in [4.69, 9.17) is 15.2 Å². The zero-order valence-corrected chi connectivity index (χ0v) is 10.8. The van der Waals surface area contributed by atoms with Crippen LogP contribution in [0.15, 0.2) is 18.2 Å². The molecule has 1 fully saturated rings. The molecule has 2 unspecified atom stereocenters. The van der Waals surface area contributed by atoms with Crippen molar-refractivity contribution in [2.75, 3.05) is 12.3 Å². The number of ketones is 1. The zero-order chi connectivity index (χ0) is 13.1. The van der Waals surface area contributed by atoms with Crippen LogP contribution in [0.1, 0.15) is 37.0 Å². The van der Waals surface area contributed by atoms with Crippen molar-refractivity contribution in [3.63, 3.8) is 0 Å². The predicted octanol–water partition coefficient (Wildman–Crippen LogP) is 2.42. The quantitative estimate of drug-likeness (QED) is 0.657. The molecule has 0 aliphatic carbocycles. The van der Waals surface area contributed by atoms with Crippen LogP contribution < -0.4 is 10.5 Å². The Morgan fingerprint density at radius 3 is 2.89 bits per heavy atom. The number of nitrogens with two attached hydrogens (primary N) is 1. The van der Waals surface area contributed by atoms with Crippen LogP contribution in [0, 0.1) is 0 Å². The van der Waals surface area contributed by atoms with Gasteiger partial charge in [0.15, 0.2) is 5.78 Å². The summed E-state index contributed by atoms with van der Waals surface area (Å²) in [7, 11) is 0. The van der Waals surface area contributed by atoms with Crippen molar-refractivity contribution in [1.82, 2.24) is 0 Å². The lowest BCUT2D eigenvalue weighted by atomic mass is 10.1. The molecule has 2 rings (SSSR count). The lowest BCUT2D eigenvalue weighted by molar-refractivity contribution is 0.0262. The number of hydrogen-bond donors (Lipinski definition) is 1. The van der Waals surface area contributed by atoms with Gasteiger partial charge in [-0.25, -0.2) is 0 Å². The van der Waals surface area contributed by atoms with E-state index in [0.29, 0.717) is 29.7 Å². The summed E-state index contributed by atoms with van der Waals surface area (Å²) in [6, 6.07) is 5.13. The lowest BCUT2D eigenvalue weighted by Gasteiger charge is -2.14. The van der Waals surface area contributed by atoms with E-state index in [2.05, 4.69) is 6.92 Å². The molecule has 0 bridgehead atoms. The first-order valence-electron chi connectivity index (χ1n) is 6.25. The van der Waals surface area contributed by atoms with Crippen molar-refractivity contribution in [2.24, 2.45) is 0 Å². The minimum atomic E-state index is -0.0435. The summed E-state index contributed by atoms with van der Waals surface area (Å²) in [5.41, 5.74) is 6.77. The predicted molar refractivity (Wildman–Crippen MR) is 69.9 cm³/mol. The highest BCUT2D eigenvalue weighted by Gasteiger charge is 2.22. The molecule has 1 aromatic rings. The van der Waals surface area contributed by atoms with E-state index in [9.17, 15) is 4.79 Å². The van der Waals surface area contributed by atoms with Crippen molar-refractivity contribution < 1.29 is 14.3 Å². The summed E-state index contributed by atoms with van der Waals surface area (Å²) in [5.74, 6) is 0.540. The minimum Gasteiger partial charge on any atom is -0.490 e. The van der Waals surface area contributed by atoms with E-state index in [1.54, 1.807) is 18.2 Å². The highest BCUT2D eigenvalue weighted by atomic mass is 16.5. The van der Waals surface area contributed by atoms with Crippen molar-refractivity contribution in [3.05, 3.63) is 23.8 Å². The maximum atomic E-state index is 11.5. The van der Waals surface area contributed by atoms with E-state index >= 15 is 0 Å². The monoisotopic (exact) mass is 249 g/mol. The molecule has 0 aromatic heterocycles. The molecule has 1 aliphatic rings. The molecule has 18 heavy (non-hydrogen) atoms. The summed E-state index contributed by atoms with van der Waals surface area (Å²) in [6.07, 6.45) is 2.50. The second-order valence-corrected chi connectivity index (χ2v) is 4.77. The molecule has 1 saturated heterocycles. The standard InChI is InChI=1S/C14H19NO3/c1-9-3-5-12(18-9)8-17-14-6-4-11(15)7-13(14)10(2)16/h4,6-7,9,12H,3,5,8,15H2,1-2H3. The second-order valence-electron chi connectivity index (χ2n) is 4.77. The normalized spacial score (nSPS) is 23.0. The Morgan fingerprint density at radius 2 is 2.28 bits per heavy atom. The molecule has 0 radical (unpaired) electrons. The molecule has 98 valence electrons. The third kappa shape index (κ3) is 3.01. The van der Waals surface area contributed by atoms with Crippen molar-refractivity contribution in [1.29, 1.82) is 0 Å². The van der Waals surface area contributed by atoms with E-state index in [1.807, 2.05) is 0 Å². The van der Waals surface area contributed by atoms with Crippen LogP contribution >= 0.6 is 0 Å². The molecular formula is C14H19NO3. The Kier molecular flexibility index (Phi) is 3.87. The summed E-state index contributed by atoms with van der Waals surface area (Å²) in [6.45, 7) is 4.05. The molecular weight excluding hydrogens is 230 g/mol. The number of anilines is 1. The average Bonchev–Trinajstić information content (AvgIpc) is 2.73. The molecule has 0 spiro atoms. The summed E-state index contributed by atoms with van der Waals surface area (Å²) in [4.78, 5) is 11.5. The van der Waals surface area contributed by atoms with Gasteiger partial charge in [-0.1, -0.05) is 0 Å². The van der Waals surface area contributed by atoms with Gasteiger partial charge in [0, 0.05) is 5.69 Å². The van der Waals surface area contributed by atoms with Gasteiger partial charge in [-0.05, 0) is 44.9 Å². The molecule has 2 atom stereocenters. The number of ether oxygens (including phenoxy) is 2. The van der Waals surface area contributed by atoms with Gasteiger partial charge in [-0.3, -0.25) is 4.79 Å². The fraction of sp³-hybridized carbons (Fsp3) is 0.500. The Labute approximate surface area is 107 Å². The van der Waals surface area contributed by atoms with Crippen LogP contribution in [0.25, 0.3) is 0 Å². The first-order valence-corrected chi connectivity index (χ1v) is 6.25. The van der Waals surface area contributed by atoms with Crippen molar-refractivity contribution in [2.45, 2.75) is 38.9 Å². The van der Waals surface area contributed by atoms with Gasteiger partial charge in [0.1, 0.15) is 12.4 Å². The molecule has 0 amide bonds. The number of nitrogen functional groups attached to an aromatic ring is 1. The van der Waals surface area contributed by atoms with Gasteiger partial charge in [0.25, 0.3) is 0 Å². The van der Waals surface area contributed by atoms with Gasteiger partial charge >= 0.3 is 0 Å². The topological polar surface area (TPSA) is 61.6 Å². The summed E-state index contributed by atoms with van der Waals surface area (Å²) < 4.78 is 11.4. The largest absolute Gasteiger partial charge is 0.490 e. The average molecular weight is 249 g/mol. The first kappa shape index (κ1) is 12.9. The Hall–Kier alpha value is -1.55. The van der Waals surface area contributed by atoms with E-state index < -0.39 is 0 Å². The van der Waals surface area contributed by atoms with Gasteiger partial charge in [-0.2, -0.15) is 0 Å². The maximum Gasteiger partial charge on any atom is 0.163 e. The summed E-state index contributed by atoms with van der Waals surface area (Å²) in [5, 5.41) is 0. The zero-order valence-electron chi connectivity index (χ0n) is 10.8. The smallest absolute Gasteiger partial charge is 0.163 e. The maximum absolute atomic E-state index is 11.5. The fourth-order valence-corrected chi connectivity index (χ4v) is 2.14. The van der Waals surface area contributed by atoms with E-state index in [-0.39, 0.29) is 11.9 Å². The highest BCUT2D eigenvalue weighted by molar-refractivity contribution is 5.97. The Morgan fingerprint density at radius 1 is 1.50 bits per heavy atom. The molecule has 0 saturated carbocycles. The number of rotatable bonds is 4. The SMILES string of the molecule is CC(=O)c1cc(N)ccc1OCC1CCC(C)O1. The number of Topliss-reactive ketones (excluding diaryl/α,β-unsaturated/α-hetero) is 1. The number of benzene rings is 1. The number of carbonyl (C=O) groups is 1. The molecule has 1 aliphatic heterocycles. The van der Waals surface area contributed by atoms with Crippen LogP contribution in [0.4, 0.5) is 5.69 Å². The Bertz CT molecular complexity index is 445. The summed E-state index contributed by atoms with van der Waals surface area (Å²) >= 11 is 0. The third-order valence-electron chi connectivity index (χ3n) is 3.13. The van der Waals surface area contributed by atoms with Gasteiger partial charge in [0.2, 0.25) is 0 Å². The molecule has 4 heteroatoms. The van der Waals surface area contributed by atoms with E-state index in [1.165, 1.54) is 6.92 Å². The van der Waals surface area contributed by atoms with Crippen LogP contribution in [0.2, 0.25) is 0 Å². The molecule has 1 aromatic carbocycles. The van der Waals surface area contributed by atoms with Crippen molar-refractivity contribution in [3.8, 4) is 5.75 Å². The first-order chi connectivity index (χ1) is 8.56. The van der Waals surface area contributed by atoms with Crippen LogP contribution in [-0.4, -0.2) is 24.6 Å². The van der Waals surface area contributed by atoms with Crippen LogP contribution in [-0.2, 0) is 4.74 Å². The lowest BCUT2D eigenvalue weighted by Crippen LogP contribution is -2.18. The highest BCUT2D eigenvalue weighted by Crippen LogP contribution is 2.24. The van der Waals surface area contributed by atoms with Gasteiger partial charge in [0.05, 0.1) is 17.8 Å². The number of carbonyl (C=O) groups excluding carboxylic acids is 1. The molecule has 1 heterocycles. The number of hydrogen-bond acceptors (Lipinski definition) is 4. The van der Waals surface area contributed by atoms with Crippen LogP contribution in [0.5, 0.6) is 5.75 Å². The Balaban J connectivity index is 2.02. The van der Waals surface area contributed by atoms with E-state index in [0.717, 1.165) is 12.8 Å². The molecule has 4 nitrogen and oxygen atoms in total. The van der Waals surface area contributed by atoms with Crippen molar-refractivity contribution >= 4 is 11.5 Å². The molecule has 2 N–H and O–H groups in total. The third-order valence-corrected chi connectivity index (χ3v) is 3.13. The van der Waals surface area contributed by atoms with Gasteiger partial charge in [-0.15, -0.1) is 0 Å². The van der Waals surface area contributed by atoms with Gasteiger partial charge < -0.3 is 15.2 Å². The minimum absolute atomic E-state index is 0.0435. The fourth-order valence-electron chi connectivity index (χ4n) is 2.14.